The van der Waals surface area contributed by atoms with Crippen LogP contribution in [0, 0.1) is 0 Å². The summed E-state index contributed by atoms with van der Waals surface area (Å²) in [5, 5.41) is 0. The lowest BCUT2D eigenvalue weighted by molar-refractivity contribution is 0.713. The number of hydrogen-bond acceptors (Lipinski definition) is 2. The van der Waals surface area contributed by atoms with Gasteiger partial charge in [-0.05, 0) is 41.2 Å². The lowest BCUT2D eigenvalue weighted by atomic mass is 10.0. The van der Waals surface area contributed by atoms with Crippen molar-refractivity contribution < 1.29 is 0 Å². The Morgan fingerprint density at radius 1 is 1.19 bits per heavy atom. The van der Waals surface area contributed by atoms with Crippen molar-refractivity contribution in [3.63, 3.8) is 0 Å². The molecule has 2 N–H and O–H groups in total. The van der Waals surface area contributed by atoms with E-state index < -0.39 is 0 Å². The van der Waals surface area contributed by atoms with Crippen LogP contribution in [0.4, 0.5) is 0 Å². The van der Waals surface area contributed by atoms with E-state index in [1.54, 1.807) is 6.20 Å². The van der Waals surface area contributed by atoms with E-state index in [9.17, 15) is 0 Å². The molecule has 0 bridgehead atoms. The smallest absolute Gasteiger partial charge is 0.0346 e. The molecule has 16 heavy (non-hydrogen) atoms. The molecule has 1 aromatic carbocycles. The lowest BCUT2D eigenvalue weighted by Gasteiger charge is -2.07. The molecule has 3 rings (SSSR count). The standard InChI is InChI=1S/C14H14N2/c15-14-6-4-11-8-10(3-5-13(11)14)12-2-1-7-16-9-12/h1-3,5,7-9,14H,4,6,15H2. The van der Waals surface area contributed by atoms with Crippen molar-refractivity contribution >= 4 is 0 Å². The fourth-order valence-corrected chi connectivity index (χ4v) is 2.36. The maximum atomic E-state index is 6.02. The third-order valence-electron chi connectivity index (χ3n) is 3.26. The molecule has 0 fully saturated rings. The van der Waals surface area contributed by atoms with Gasteiger partial charge in [0.2, 0.25) is 0 Å². The first kappa shape index (κ1) is 9.55. The molecule has 0 amide bonds. The van der Waals surface area contributed by atoms with E-state index in [2.05, 4.69) is 29.2 Å². The van der Waals surface area contributed by atoms with Gasteiger partial charge in [-0.1, -0.05) is 24.3 Å². The Morgan fingerprint density at radius 2 is 2.12 bits per heavy atom. The minimum atomic E-state index is 0.234. The van der Waals surface area contributed by atoms with E-state index in [0.717, 1.165) is 12.8 Å². The van der Waals surface area contributed by atoms with Crippen molar-refractivity contribution in [2.45, 2.75) is 18.9 Å². The number of benzene rings is 1. The Bertz CT molecular complexity index is 505. The highest BCUT2D eigenvalue weighted by Gasteiger charge is 2.18. The average molecular weight is 210 g/mol. The van der Waals surface area contributed by atoms with Crippen LogP contribution >= 0.6 is 0 Å². The van der Waals surface area contributed by atoms with Gasteiger partial charge in [0, 0.05) is 18.4 Å². The first-order valence-corrected chi connectivity index (χ1v) is 5.63. The van der Waals surface area contributed by atoms with Gasteiger partial charge in [0.15, 0.2) is 0 Å². The summed E-state index contributed by atoms with van der Waals surface area (Å²) in [5.74, 6) is 0. The van der Waals surface area contributed by atoms with Gasteiger partial charge < -0.3 is 5.73 Å². The first-order chi connectivity index (χ1) is 7.84. The number of aromatic nitrogens is 1. The maximum absolute atomic E-state index is 6.02. The summed E-state index contributed by atoms with van der Waals surface area (Å²) in [4.78, 5) is 4.14. The minimum absolute atomic E-state index is 0.234. The normalized spacial score (nSPS) is 18.4. The molecule has 1 atom stereocenters. The average Bonchev–Trinajstić information content (AvgIpc) is 2.72. The zero-order valence-corrected chi connectivity index (χ0v) is 9.06. The van der Waals surface area contributed by atoms with Crippen LogP contribution in [0.1, 0.15) is 23.6 Å². The Kier molecular flexibility index (Phi) is 2.22. The molecule has 0 radical (unpaired) electrons. The Morgan fingerprint density at radius 3 is 2.94 bits per heavy atom. The number of nitrogens with zero attached hydrogens (tertiary/aromatic N) is 1. The first-order valence-electron chi connectivity index (χ1n) is 5.63. The molecular weight excluding hydrogens is 196 g/mol. The third kappa shape index (κ3) is 1.51. The van der Waals surface area contributed by atoms with Gasteiger partial charge >= 0.3 is 0 Å². The van der Waals surface area contributed by atoms with Gasteiger partial charge in [0.1, 0.15) is 0 Å². The van der Waals surface area contributed by atoms with Crippen molar-refractivity contribution in [2.24, 2.45) is 5.73 Å². The minimum Gasteiger partial charge on any atom is -0.324 e. The fourth-order valence-electron chi connectivity index (χ4n) is 2.36. The largest absolute Gasteiger partial charge is 0.324 e. The van der Waals surface area contributed by atoms with Gasteiger partial charge in [-0.3, -0.25) is 4.98 Å². The van der Waals surface area contributed by atoms with E-state index in [1.165, 1.54) is 22.3 Å². The van der Waals surface area contributed by atoms with Crippen LogP contribution in [0.5, 0.6) is 0 Å². The van der Waals surface area contributed by atoms with Crippen LogP contribution in [0.25, 0.3) is 11.1 Å². The number of pyridine rings is 1. The molecule has 2 aromatic rings. The van der Waals surface area contributed by atoms with Crippen molar-refractivity contribution in [1.82, 2.24) is 4.98 Å². The predicted molar refractivity (Wildman–Crippen MR) is 64.9 cm³/mol. The van der Waals surface area contributed by atoms with E-state index in [0.29, 0.717) is 0 Å². The number of aryl methyl sites for hydroxylation is 1. The maximum Gasteiger partial charge on any atom is 0.0346 e. The molecule has 1 aliphatic carbocycles. The monoisotopic (exact) mass is 210 g/mol. The van der Waals surface area contributed by atoms with Crippen LogP contribution in [0.2, 0.25) is 0 Å². The van der Waals surface area contributed by atoms with Crippen LogP contribution in [0.15, 0.2) is 42.7 Å². The molecule has 0 saturated heterocycles. The van der Waals surface area contributed by atoms with E-state index in [4.69, 9.17) is 5.73 Å². The molecule has 1 heterocycles. The fraction of sp³-hybridized carbons (Fsp3) is 0.214. The summed E-state index contributed by atoms with van der Waals surface area (Å²) >= 11 is 0. The van der Waals surface area contributed by atoms with Crippen LogP contribution in [-0.4, -0.2) is 4.98 Å². The zero-order chi connectivity index (χ0) is 11.0. The molecule has 1 aromatic heterocycles. The molecule has 0 spiro atoms. The molecule has 80 valence electrons. The van der Waals surface area contributed by atoms with Gasteiger partial charge in [0.05, 0.1) is 0 Å². The summed E-state index contributed by atoms with van der Waals surface area (Å²) in [7, 11) is 0. The zero-order valence-electron chi connectivity index (χ0n) is 9.06. The summed E-state index contributed by atoms with van der Waals surface area (Å²) < 4.78 is 0. The third-order valence-corrected chi connectivity index (χ3v) is 3.26. The summed E-state index contributed by atoms with van der Waals surface area (Å²) in [6.07, 6.45) is 5.87. The molecule has 0 saturated carbocycles. The van der Waals surface area contributed by atoms with Crippen molar-refractivity contribution in [3.8, 4) is 11.1 Å². The number of nitrogens with two attached hydrogens (primary N) is 1. The summed E-state index contributed by atoms with van der Waals surface area (Å²) in [5.41, 5.74) is 11.1. The second-order valence-corrected chi connectivity index (χ2v) is 4.30. The van der Waals surface area contributed by atoms with Crippen LogP contribution < -0.4 is 5.73 Å². The van der Waals surface area contributed by atoms with Crippen LogP contribution in [0.3, 0.4) is 0 Å². The summed E-state index contributed by atoms with van der Waals surface area (Å²) in [6, 6.07) is 10.8. The van der Waals surface area contributed by atoms with E-state index in [1.807, 2.05) is 12.3 Å². The van der Waals surface area contributed by atoms with Crippen LogP contribution in [-0.2, 0) is 6.42 Å². The van der Waals surface area contributed by atoms with Gasteiger partial charge in [-0.15, -0.1) is 0 Å². The Labute approximate surface area is 95.1 Å². The van der Waals surface area contributed by atoms with Gasteiger partial charge in [-0.25, -0.2) is 0 Å². The van der Waals surface area contributed by atoms with E-state index in [-0.39, 0.29) is 6.04 Å². The number of hydrogen-bond donors (Lipinski definition) is 1. The Balaban J connectivity index is 2.06. The molecule has 2 nitrogen and oxygen atoms in total. The van der Waals surface area contributed by atoms with Crippen molar-refractivity contribution in [1.29, 1.82) is 0 Å². The number of fused-ring (bicyclic) bond motifs is 1. The van der Waals surface area contributed by atoms with Crippen molar-refractivity contribution in [3.05, 3.63) is 53.9 Å². The topological polar surface area (TPSA) is 38.9 Å². The van der Waals surface area contributed by atoms with Gasteiger partial charge in [-0.2, -0.15) is 0 Å². The van der Waals surface area contributed by atoms with Crippen molar-refractivity contribution in [2.75, 3.05) is 0 Å². The second kappa shape index (κ2) is 3.72. The molecule has 1 unspecified atom stereocenters. The van der Waals surface area contributed by atoms with E-state index >= 15 is 0 Å². The highest BCUT2D eigenvalue weighted by Crippen LogP contribution is 2.32. The highest BCUT2D eigenvalue weighted by molar-refractivity contribution is 5.64. The Hall–Kier alpha value is -1.67. The van der Waals surface area contributed by atoms with Gasteiger partial charge in [0.25, 0.3) is 0 Å². The predicted octanol–water partition coefficient (Wildman–Crippen LogP) is 2.69. The molecular formula is C14H14N2. The molecule has 2 heteroatoms. The highest BCUT2D eigenvalue weighted by atomic mass is 14.6. The quantitative estimate of drug-likeness (QED) is 0.786. The number of rotatable bonds is 1. The second-order valence-electron chi connectivity index (χ2n) is 4.30. The molecule has 0 aliphatic heterocycles. The lowest BCUT2D eigenvalue weighted by Crippen LogP contribution is -2.04. The summed E-state index contributed by atoms with van der Waals surface area (Å²) in [6.45, 7) is 0. The SMILES string of the molecule is NC1CCc2cc(-c3cccnc3)ccc21. The molecule has 1 aliphatic rings.